The SMILES string of the molecule is CC1CC(NCCc2c[nH]c3ccccc23)C1. The summed E-state index contributed by atoms with van der Waals surface area (Å²) in [6.45, 7) is 3.43. The van der Waals surface area contributed by atoms with Gasteiger partial charge in [0, 0.05) is 23.1 Å². The van der Waals surface area contributed by atoms with E-state index in [9.17, 15) is 0 Å². The van der Waals surface area contributed by atoms with Gasteiger partial charge in [0.05, 0.1) is 0 Å². The number of rotatable bonds is 4. The zero-order chi connectivity index (χ0) is 11.7. The number of benzene rings is 1. The van der Waals surface area contributed by atoms with Crippen LogP contribution in [-0.4, -0.2) is 17.6 Å². The van der Waals surface area contributed by atoms with E-state index in [0.29, 0.717) is 0 Å². The van der Waals surface area contributed by atoms with E-state index in [4.69, 9.17) is 0 Å². The van der Waals surface area contributed by atoms with Crippen LogP contribution in [0.3, 0.4) is 0 Å². The molecule has 1 saturated carbocycles. The summed E-state index contributed by atoms with van der Waals surface area (Å²) in [6, 6.07) is 9.30. The Hall–Kier alpha value is -1.28. The maximum Gasteiger partial charge on any atom is 0.0456 e. The second-order valence-corrected chi connectivity index (χ2v) is 5.34. The fourth-order valence-electron chi connectivity index (χ4n) is 2.82. The third-order valence-electron chi connectivity index (χ3n) is 3.88. The normalized spacial score (nSPS) is 23.8. The van der Waals surface area contributed by atoms with Crippen LogP contribution in [0.5, 0.6) is 0 Å². The van der Waals surface area contributed by atoms with Gasteiger partial charge in [0.2, 0.25) is 0 Å². The maximum atomic E-state index is 3.64. The highest BCUT2D eigenvalue weighted by molar-refractivity contribution is 5.83. The van der Waals surface area contributed by atoms with Gasteiger partial charge in [-0.1, -0.05) is 25.1 Å². The summed E-state index contributed by atoms with van der Waals surface area (Å²) < 4.78 is 0. The largest absolute Gasteiger partial charge is 0.361 e. The van der Waals surface area contributed by atoms with Gasteiger partial charge in [-0.2, -0.15) is 0 Å². The number of hydrogen-bond donors (Lipinski definition) is 2. The van der Waals surface area contributed by atoms with Crippen molar-refractivity contribution >= 4 is 10.9 Å². The summed E-state index contributed by atoms with van der Waals surface area (Å²) in [6.07, 6.45) is 5.98. The Kier molecular flexibility index (Phi) is 2.89. The van der Waals surface area contributed by atoms with Gasteiger partial charge >= 0.3 is 0 Å². The summed E-state index contributed by atoms with van der Waals surface area (Å²) >= 11 is 0. The van der Waals surface area contributed by atoms with E-state index in [1.54, 1.807) is 0 Å². The predicted molar refractivity (Wildman–Crippen MR) is 72.2 cm³/mol. The second-order valence-electron chi connectivity index (χ2n) is 5.34. The quantitative estimate of drug-likeness (QED) is 0.827. The van der Waals surface area contributed by atoms with E-state index in [-0.39, 0.29) is 0 Å². The van der Waals surface area contributed by atoms with Crippen LogP contribution in [0.4, 0.5) is 0 Å². The Balaban J connectivity index is 1.58. The second kappa shape index (κ2) is 4.53. The molecular weight excluding hydrogens is 208 g/mol. The molecule has 90 valence electrons. The Morgan fingerprint density at radius 1 is 1.29 bits per heavy atom. The van der Waals surface area contributed by atoms with Crippen molar-refractivity contribution in [1.29, 1.82) is 0 Å². The highest BCUT2D eigenvalue weighted by atomic mass is 14.9. The van der Waals surface area contributed by atoms with Crippen LogP contribution >= 0.6 is 0 Å². The van der Waals surface area contributed by atoms with Crippen molar-refractivity contribution in [3.63, 3.8) is 0 Å². The molecule has 1 fully saturated rings. The van der Waals surface area contributed by atoms with Gasteiger partial charge in [-0.15, -0.1) is 0 Å². The fraction of sp³-hybridized carbons (Fsp3) is 0.467. The summed E-state index contributed by atoms with van der Waals surface area (Å²) in [5, 5.41) is 5.01. The van der Waals surface area contributed by atoms with Crippen LogP contribution < -0.4 is 5.32 Å². The lowest BCUT2D eigenvalue weighted by Gasteiger charge is -2.33. The molecule has 0 amide bonds. The lowest BCUT2D eigenvalue weighted by atomic mass is 9.82. The molecule has 2 heteroatoms. The zero-order valence-corrected chi connectivity index (χ0v) is 10.4. The predicted octanol–water partition coefficient (Wildman–Crippen LogP) is 3.10. The summed E-state index contributed by atoms with van der Waals surface area (Å²) in [5.74, 6) is 0.931. The van der Waals surface area contributed by atoms with E-state index in [1.165, 1.54) is 29.3 Å². The smallest absolute Gasteiger partial charge is 0.0456 e. The molecule has 3 rings (SSSR count). The van der Waals surface area contributed by atoms with Gasteiger partial charge in [-0.05, 0) is 43.4 Å². The maximum absolute atomic E-state index is 3.64. The first-order valence-corrected chi connectivity index (χ1v) is 6.61. The minimum atomic E-state index is 0.773. The van der Waals surface area contributed by atoms with Crippen molar-refractivity contribution < 1.29 is 0 Å². The number of aromatic amines is 1. The molecule has 0 spiro atoms. The molecule has 1 aliphatic carbocycles. The third-order valence-corrected chi connectivity index (χ3v) is 3.88. The molecular formula is C15H20N2. The summed E-state index contributed by atoms with van der Waals surface area (Å²) in [4.78, 5) is 3.33. The molecule has 0 unspecified atom stereocenters. The monoisotopic (exact) mass is 228 g/mol. The van der Waals surface area contributed by atoms with Crippen molar-refractivity contribution in [1.82, 2.24) is 10.3 Å². The van der Waals surface area contributed by atoms with E-state index >= 15 is 0 Å². The van der Waals surface area contributed by atoms with Crippen molar-refractivity contribution in [2.24, 2.45) is 5.92 Å². The molecule has 0 radical (unpaired) electrons. The van der Waals surface area contributed by atoms with E-state index < -0.39 is 0 Å². The van der Waals surface area contributed by atoms with Gasteiger partial charge in [-0.3, -0.25) is 0 Å². The fourth-order valence-corrected chi connectivity index (χ4v) is 2.82. The minimum Gasteiger partial charge on any atom is -0.361 e. The van der Waals surface area contributed by atoms with Gasteiger partial charge < -0.3 is 10.3 Å². The summed E-state index contributed by atoms with van der Waals surface area (Å²) in [7, 11) is 0. The number of para-hydroxylation sites is 1. The molecule has 1 aromatic heterocycles. The molecule has 0 atom stereocenters. The van der Waals surface area contributed by atoms with E-state index in [2.05, 4.69) is 47.7 Å². The average molecular weight is 228 g/mol. The number of nitrogens with one attached hydrogen (secondary N) is 2. The first-order chi connectivity index (χ1) is 8.33. The van der Waals surface area contributed by atoms with Gasteiger partial charge in [0.15, 0.2) is 0 Å². The third kappa shape index (κ3) is 2.22. The highest BCUT2D eigenvalue weighted by Gasteiger charge is 2.24. The molecule has 2 nitrogen and oxygen atoms in total. The van der Waals surface area contributed by atoms with Gasteiger partial charge in [0.1, 0.15) is 0 Å². The number of H-pyrrole nitrogens is 1. The Morgan fingerprint density at radius 3 is 2.94 bits per heavy atom. The number of fused-ring (bicyclic) bond motifs is 1. The molecule has 2 aromatic rings. The Bertz CT molecular complexity index is 494. The first kappa shape index (κ1) is 10.8. The molecule has 1 heterocycles. The lowest BCUT2D eigenvalue weighted by Crippen LogP contribution is -2.40. The first-order valence-electron chi connectivity index (χ1n) is 6.61. The van der Waals surface area contributed by atoms with Crippen molar-refractivity contribution in [3.05, 3.63) is 36.0 Å². The molecule has 17 heavy (non-hydrogen) atoms. The average Bonchev–Trinajstić information content (AvgIpc) is 2.70. The van der Waals surface area contributed by atoms with Crippen LogP contribution in [0.15, 0.2) is 30.5 Å². The number of aromatic nitrogens is 1. The minimum absolute atomic E-state index is 0.773. The molecule has 1 aromatic carbocycles. The summed E-state index contributed by atoms with van der Waals surface area (Å²) in [5.41, 5.74) is 2.68. The molecule has 1 aliphatic rings. The Labute approximate surface area is 102 Å². The standard InChI is InChI=1S/C15H20N2/c1-11-8-13(9-11)16-7-6-12-10-17-15-5-3-2-4-14(12)15/h2-5,10-11,13,16-17H,6-9H2,1H3. The van der Waals surface area contributed by atoms with Crippen LogP contribution in [-0.2, 0) is 6.42 Å². The van der Waals surface area contributed by atoms with Gasteiger partial charge in [-0.25, -0.2) is 0 Å². The molecule has 0 saturated heterocycles. The Morgan fingerprint density at radius 2 is 2.12 bits per heavy atom. The molecule has 0 aliphatic heterocycles. The van der Waals surface area contributed by atoms with Crippen LogP contribution in [0.2, 0.25) is 0 Å². The highest BCUT2D eigenvalue weighted by Crippen LogP contribution is 2.26. The van der Waals surface area contributed by atoms with Crippen LogP contribution in [0.1, 0.15) is 25.3 Å². The van der Waals surface area contributed by atoms with Crippen LogP contribution in [0, 0.1) is 5.92 Å². The van der Waals surface area contributed by atoms with Crippen molar-refractivity contribution in [2.45, 2.75) is 32.2 Å². The van der Waals surface area contributed by atoms with Crippen molar-refractivity contribution in [2.75, 3.05) is 6.54 Å². The molecule has 2 N–H and O–H groups in total. The number of hydrogen-bond acceptors (Lipinski definition) is 1. The van der Waals surface area contributed by atoms with E-state index in [1.807, 2.05) is 0 Å². The topological polar surface area (TPSA) is 27.8 Å². The van der Waals surface area contributed by atoms with Gasteiger partial charge in [0.25, 0.3) is 0 Å². The van der Waals surface area contributed by atoms with E-state index in [0.717, 1.165) is 24.9 Å². The zero-order valence-electron chi connectivity index (χ0n) is 10.4. The lowest BCUT2D eigenvalue weighted by molar-refractivity contribution is 0.243. The van der Waals surface area contributed by atoms with Crippen molar-refractivity contribution in [3.8, 4) is 0 Å². The van der Waals surface area contributed by atoms with Crippen LogP contribution in [0.25, 0.3) is 10.9 Å². The molecule has 0 bridgehead atoms.